The first-order valence-electron chi connectivity index (χ1n) is 14.1. The number of para-hydroxylation sites is 2. The number of aliphatic hydroxyl groups is 1. The number of hydrogen-bond acceptors (Lipinski definition) is 10. The summed E-state index contributed by atoms with van der Waals surface area (Å²) < 4.78 is 47.7. The highest BCUT2D eigenvalue weighted by Gasteiger charge is 2.27. The van der Waals surface area contributed by atoms with Crippen LogP contribution < -0.4 is 23.8 Å². The smallest absolute Gasteiger partial charge is 0.265 e. The van der Waals surface area contributed by atoms with Crippen molar-refractivity contribution in [3.63, 3.8) is 0 Å². The van der Waals surface area contributed by atoms with Crippen molar-refractivity contribution in [1.29, 1.82) is 0 Å². The quantitative estimate of drug-likeness (QED) is 0.309. The van der Waals surface area contributed by atoms with Gasteiger partial charge in [-0.25, -0.2) is 8.42 Å². The second-order valence-corrected chi connectivity index (χ2v) is 12.9. The van der Waals surface area contributed by atoms with Crippen molar-refractivity contribution < 1.29 is 27.7 Å². The van der Waals surface area contributed by atoms with E-state index >= 15 is 0 Å². The molecule has 0 bridgehead atoms. The number of nitrogens with one attached hydrogen (secondary N) is 1. The molecule has 1 fully saturated rings. The molecule has 0 amide bonds. The highest BCUT2D eigenvalue weighted by molar-refractivity contribution is 7.92. The van der Waals surface area contributed by atoms with Gasteiger partial charge in [-0.1, -0.05) is 45.0 Å². The summed E-state index contributed by atoms with van der Waals surface area (Å²) in [6, 6.07) is 13.8. The van der Waals surface area contributed by atoms with Crippen LogP contribution in [0.15, 0.2) is 53.4 Å². The standard InChI is InChI=1S/C30H41N5O6S/c1-30(2,3)22-12-14-23(15-13-22)42(37,38)33-27-26(41-25-11-7-6-10-24(25)39-5)28(40-21-9-20-36)32-29(31-27)35-17-8-16-34(4)18-19-35/h6-7,10-15,36H,8-9,16-21H2,1-5H3,(H,31,32,33). The van der Waals surface area contributed by atoms with Crippen molar-refractivity contribution in [3.8, 4) is 23.1 Å². The number of aliphatic hydroxyl groups excluding tert-OH is 1. The van der Waals surface area contributed by atoms with Gasteiger partial charge in [0.15, 0.2) is 17.3 Å². The predicted molar refractivity (Wildman–Crippen MR) is 163 cm³/mol. The van der Waals surface area contributed by atoms with E-state index in [4.69, 9.17) is 14.2 Å². The molecule has 1 saturated heterocycles. The highest BCUT2D eigenvalue weighted by Crippen LogP contribution is 2.41. The number of likely N-dealkylation sites (N-methyl/N-ethyl adjacent to an activating group) is 1. The van der Waals surface area contributed by atoms with Gasteiger partial charge < -0.3 is 29.1 Å². The zero-order valence-electron chi connectivity index (χ0n) is 25.0. The van der Waals surface area contributed by atoms with Crippen LogP contribution in [0.2, 0.25) is 0 Å². The minimum absolute atomic E-state index is 0.0111. The lowest BCUT2D eigenvalue weighted by Crippen LogP contribution is -2.30. The Hall–Kier alpha value is -3.61. The zero-order chi connectivity index (χ0) is 30.3. The Balaban J connectivity index is 1.82. The van der Waals surface area contributed by atoms with Crippen molar-refractivity contribution in [2.45, 2.75) is 43.9 Å². The van der Waals surface area contributed by atoms with Gasteiger partial charge in [0.2, 0.25) is 11.7 Å². The van der Waals surface area contributed by atoms with Gasteiger partial charge in [-0.05, 0) is 55.3 Å². The van der Waals surface area contributed by atoms with Crippen LogP contribution in [0.4, 0.5) is 11.8 Å². The maximum Gasteiger partial charge on any atom is 0.265 e. The molecule has 42 heavy (non-hydrogen) atoms. The summed E-state index contributed by atoms with van der Waals surface area (Å²) in [5.41, 5.74) is 0.881. The fourth-order valence-electron chi connectivity index (χ4n) is 4.43. The molecule has 0 saturated carbocycles. The minimum Gasteiger partial charge on any atom is -0.493 e. The van der Waals surface area contributed by atoms with Crippen molar-refractivity contribution in [2.24, 2.45) is 0 Å². The van der Waals surface area contributed by atoms with Gasteiger partial charge >= 0.3 is 0 Å². The number of methoxy groups -OCH3 is 1. The number of nitrogens with zero attached hydrogens (tertiary/aromatic N) is 4. The monoisotopic (exact) mass is 599 g/mol. The van der Waals surface area contributed by atoms with Crippen LogP contribution >= 0.6 is 0 Å². The Bertz CT molecular complexity index is 1440. The van der Waals surface area contributed by atoms with Crippen LogP contribution in [-0.2, 0) is 15.4 Å². The van der Waals surface area contributed by atoms with Crippen LogP contribution in [0.5, 0.6) is 23.1 Å². The number of ether oxygens (including phenoxy) is 3. The van der Waals surface area contributed by atoms with E-state index in [9.17, 15) is 13.5 Å². The molecule has 1 aliphatic heterocycles. The first kappa shape index (κ1) is 31.3. The fourth-order valence-corrected chi connectivity index (χ4v) is 5.44. The third-order valence-electron chi connectivity index (χ3n) is 6.91. The van der Waals surface area contributed by atoms with Crippen LogP contribution in [-0.4, -0.2) is 81.9 Å². The van der Waals surface area contributed by atoms with E-state index in [-0.39, 0.29) is 41.0 Å². The SMILES string of the molecule is COc1ccccc1Oc1c(NS(=O)(=O)c2ccc(C(C)(C)C)cc2)nc(N2CCCN(C)CC2)nc1OCCCO. The molecule has 0 spiro atoms. The minimum atomic E-state index is -4.09. The summed E-state index contributed by atoms with van der Waals surface area (Å²) in [5, 5.41) is 9.37. The van der Waals surface area contributed by atoms with Gasteiger partial charge in [-0.15, -0.1) is 0 Å². The van der Waals surface area contributed by atoms with Crippen molar-refractivity contribution in [3.05, 3.63) is 54.1 Å². The van der Waals surface area contributed by atoms with Crippen LogP contribution in [0, 0.1) is 0 Å². The lowest BCUT2D eigenvalue weighted by atomic mass is 9.87. The molecular weight excluding hydrogens is 558 g/mol. The third-order valence-corrected chi connectivity index (χ3v) is 8.26. The second-order valence-electron chi connectivity index (χ2n) is 11.2. The number of hydrogen-bond donors (Lipinski definition) is 2. The molecule has 2 N–H and O–H groups in total. The van der Waals surface area contributed by atoms with Gasteiger partial charge in [-0.2, -0.15) is 9.97 Å². The van der Waals surface area contributed by atoms with E-state index in [1.54, 1.807) is 36.4 Å². The summed E-state index contributed by atoms with van der Waals surface area (Å²) in [4.78, 5) is 13.7. The number of anilines is 2. The molecule has 228 valence electrons. The largest absolute Gasteiger partial charge is 0.493 e. The lowest BCUT2D eigenvalue weighted by Gasteiger charge is -2.24. The van der Waals surface area contributed by atoms with Crippen molar-refractivity contribution in [1.82, 2.24) is 14.9 Å². The van der Waals surface area contributed by atoms with E-state index in [2.05, 4.69) is 47.4 Å². The number of sulfonamides is 1. The first-order chi connectivity index (χ1) is 20.0. The van der Waals surface area contributed by atoms with Crippen molar-refractivity contribution in [2.75, 3.05) is 63.2 Å². The Morgan fingerprint density at radius 3 is 2.36 bits per heavy atom. The average Bonchev–Trinajstić information content (AvgIpc) is 3.18. The second kappa shape index (κ2) is 13.6. The molecule has 12 heteroatoms. The molecule has 11 nitrogen and oxygen atoms in total. The summed E-state index contributed by atoms with van der Waals surface area (Å²) in [7, 11) is -0.512. The number of aromatic nitrogens is 2. The molecule has 1 aromatic heterocycles. The van der Waals surface area contributed by atoms with E-state index in [0.29, 0.717) is 37.0 Å². The topological polar surface area (TPSA) is 126 Å². The molecule has 0 aliphatic carbocycles. The maximum atomic E-state index is 13.7. The van der Waals surface area contributed by atoms with Gasteiger partial charge in [0.1, 0.15) is 0 Å². The van der Waals surface area contributed by atoms with Gasteiger partial charge in [0.25, 0.3) is 15.9 Å². The number of rotatable bonds is 11. The molecule has 2 aromatic carbocycles. The summed E-state index contributed by atoms with van der Waals surface area (Å²) in [6.45, 7) is 9.32. The van der Waals surface area contributed by atoms with E-state index in [1.807, 2.05) is 17.0 Å². The average molecular weight is 600 g/mol. The van der Waals surface area contributed by atoms with Gasteiger partial charge in [0, 0.05) is 32.7 Å². The molecule has 0 radical (unpaired) electrons. The Morgan fingerprint density at radius 1 is 0.976 bits per heavy atom. The molecule has 3 aromatic rings. The highest BCUT2D eigenvalue weighted by atomic mass is 32.2. The van der Waals surface area contributed by atoms with Crippen LogP contribution in [0.3, 0.4) is 0 Å². The van der Waals surface area contributed by atoms with Crippen LogP contribution in [0.25, 0.3) is 0 Å². The first-order valence-corrected chi connectivity index (χ1v) is 15.5. The Labute approximate surface area is 248 Å². The summed E-state index contributed by atoms with van der Waals surface area (Å²) in [5.74, 6) is 1.06. The Morgan fingerprint density at radius 2 is 1.69 bits per heavy atom. The molecular formula is C30H41N5O6S. The zero-order valence-corrected chi connectivity index (χ0v) is 25.8. The van der Waals surface area contributed by atoms with E-state index in [1.165, 1.54) is 7.11 Å². The molecule has 4 rings (SSSR count). The lowest BCUT2D eigenvalue weighted by molar-refractivity contribution is 0.224. The third kappa shape index (κ3) is 7.81. The van der Waals surface area contributed by atoms with E-state index < -0.39 is 10.0 Å². The van der Waals surface area contributed by atoms with Gasteiger partial charge in [0.05, 0.1) is 18.6 Å². The molecule has 1 aliphatic rings. The van der Waals surface area contributed by atoms with Crippen molar-refractivity contribution >= 4 is 21.8 Å². The van der Waals surface area contributed by atoms with E-state index in [0.717, 1.165) is 25.1 Å². The maximum absolute atomic E-state index is 13.7. The normalized spacial score (nSPS) is 14.8. The predicted octanol–water partition coefficient (Wildman–Crippen LogP) is 4.28. The molecule has 2 heterocycles. The number of benzene rings is 2. The Kier molecular flexibility index (Phi) is 10.1. The molecule has 0 unspecified atom stereocenters. The van der Waals surface area contributed by atoms with Crippen LogP contribution in [0.1, 0.15) is 39.2 Å². The van der Waals surface area contributed by atoms with Gasteiger partial charge in [-0.3, -0.25) is 4.72 Å². The summed E-state index contributed by atoms with van der Waals surface area (Å²) in [6.07, 6.45) is 1.24. The molecule has 0 atom stereocenters. The fraction of sp³-hybridized carbons (Fsp3) is 0.467. The summed E-state index contributed by atoms with van der Waals surface area (Å²) >= 11 is 0.